The fourth-order valence-corrected chi connectivity index (χ4v) is 7.14. The Bertz CT molecular complexity index is 1150. The van der Waals surface area contributed by atoms with Gasteiger partial charge in [-0.1, -0.05) is 25.3 Å². The third kappa shape index (κ3) is 5.69. The van der Waals surface area contributed by atoms with Crippen molar-refractivity contribution in [2.45, 2.75) is 87.5 Å². The molecule has 2 saturated carbocycles. The molecule has 0 spiro atoms. The molecule has 39 heavy (non-hydrogen) atoms. The van der Waals surface area contributed by atoms with Gasteiger partial charge in [0.15, 0.2) is 11.5 Å². The summed E-state index contributed by atoms with van der Waals surface area (Å²) in [5.41, 5.74) is 0.826. The number of methoxy groups -OCH3 is 2. The van der Waals surface area contributed by atoms with Gasteiger partial charge in [-0.15, -0.1) is 0 Å². The van der Waals surface area contributed by atoms with Crippen molar-refractivity contribution in [3.8, 4) is 11.5 Å². The van der Waals surface area contributed by atoms with Crippen molar-refractivity contribution in [3.05, 3.63) is 53.6 Å². The fraction of sp³-hybridized carbons (Fsp3) is 0.567. The van der Waals surface area contributed by atoms with Crippen LogP contribution in [0.15, 0.2) is 42.5 Å². The van der Waals surface area contributed by atoms with Crippen LogP contribution >= 0.6 is 0 Å². The van der Waals surface area contributed by atoms with Crippen LogP contribution in [0.1, 0.15) is 68.9 Å². The van der Waals surface area contributed by atoms with E-state index in [0.29, 0.717) is 17.5 Å². The Morgan fingerprint density at radius 2 is 1.67 bits per heavy atom. The molecule has 2 aromatic carbocycles. The van der Waals surface area contributed by atoms with Crippen molar-refractivity contribution < 1.29 is 27.4 Å². The van der Waals surface area contributed by atoms with Crippen LogP contribution in [0.25, 0.3) is 0 Å². The van der Waals surface area contributed by atoms with Gasteiger partial charge in [-0.05, 0) is 87.0 Å². The van der Waals surface area contributed by atoms with Crippen LogP contribution in [0.2, 0.25) is 0 Å². The van der Waals surface area contributed by atoms with Crippen LogP contribution in [-0.4, -0.2) is 49.8 Å². The molecule has 0 bridgehead atoms. The van der Waals surface area contributed by atoms with Crippen molar-refractivity contribution in [1.82, 2.24) is 10.2 Å². The number of benzene rings is 2. The highest BCUT2D eigenvalue weighted by Crippen LogP contribution is 2.51. The summed E-state index contributed by atoms with van der Waals surface area (Å²) in [6, 6.07) is 11.2. The number of anilines is 1. The molecular formula is C30H38F3N3O3. The smallest absolute Gasteiger partial charge is 0.416 e. The van der Waals surface area contributed by atoms with E-state index in [0.717, 1.165) is 50.1 Å². The van der Waals surface area contributed by atoms with Crippen molar-refractivity contribution in [2.75, 3.05) is 26.1 Å². The number of rotatable bonds is 6. The van der Waals surface area contributed by atoms with Crippen LogP contribution in [0.3, 0.4) is 0 Å². The zero-order valence-electron chi connectivity index (χ0n) is 22.7. The first-order valence-corrected chi connectivity index (χ1v) is 14.0. The maximum absolute atomic E-state index is 12.9. The largest absolute Gasteiger partial charge is 0.493 e. The van der Waals surface area contributed by atoms with Gasteiger partial charge in [0.1, 0.15) is 0 Å². The molecular weight excluding hydrogens is 507 g/mol. The molecule has 3 aliphatic rings. The highest BCUT2D eigenvalue weighted by Gasteiger charge is 2.53. The Kier molecular flexibility index (Phi) is 7.99. The number of alkyl halides is 3. The Morgan fingerprint density at radius 1 is 0.949 bits per heavy atom. The molecule has 1 heterocycles. The summed E-state index contributed by atoms with van der Waals surface area (Å²) in [5, 5.41) is 5.82. The number of ether oxygens (including phenoxy) is 2. The summed E-state index contributed by atoms with van der Waals surface area (Å²) in [7, 11) is 3.31. The predicted octanol–water partition coefficient (Wildman–Crippen LogP) is 6.74. The van der Waals surface area contributed by atoms with Gasteiger partial charge in [-0.2, -0.15) is 13.2 Å². The number of urea groups is 1. The average Bonchev–Trinajstić information content (AvgIpc) is 3.33. The summed E-state index contributed by atoms with van der Waals surface area (Å²) in [6.45, 7) is 1.04. The quantitative estimate of drug-likeness (QED) is 0.422. The molecule has 0 radical (unpaired) electrons. The Hall–Kier alpha value is -2.94. The molecule has 2 amide bonds. The van der Waals surface area contributed by atoms with E-state index in [-0.39, 0.29) is 23.5 Å². The van der Waals surface area contributed by atoms with E-state index < -0.39 is 11.7 Å². The van der Waals surface area contributed by atoms with Gasteiger partial charge in [0.2, 0.25) is 0 Å². The van der Waals surface area contributed by atoms with E-state index in [9.17, 15) is 18.0 Å². The first kappa shape index (κ1) is 27.6. The van der Waals surface area contributed by atoms with Crippen LogP contribution in [0.4, 0.5) is 23.7 Å². The molecule has 3 fully saturated rings. The zero-order chi connectivity index (χ0) is 27.6. The summed E-state index contributed by atoms with van der Waals surface area (Å²) in [4.78, 5) is 15.6. The SMILES string of the molecule is COc1ccc([C@@]23CC[C@@H](NC(=O)Nc4ccc(C(F)(F)F)cc4)C[C@@H]2N(C2CCCCC2)CC3)cc1OC. The number of halogens is 3. The van der Waals surface area contributed by atoms with Crippen LogP contribution < -0.4 is 20.1 Å². The number of carbonyl (C=O) groups is 1. The standard InChI is InChI=1S/C30H38F3N3O3/c1-38-25-13-10-21(18-26(25)39-2)29-15-14-23(19-27(29)36(17-16-29)24-6-4-3-5-7-24)35-28(37)34-22-11-8-20(9-12-22)30(31,32)33/h8-13,18,23-24,27H,3-7,14-17,19H2,1-2H3,(H2,34,35,37)/t23-,27+,29+/m1/s1. The minimum absolute atomic E-state index is 0.0260. The molecule has 1 saturated heterocycles. The molecule has 9 heteroatoms. The number of likely N-dealkylation sites (tertiary alicyclic amines) is 1. The second-order valence-corrected chi connectivity index (χ2v) is 11.2. The van der Waals surface area contributed by atoms with Gasteiger partial charge in [-0.3, -0.25) is 4.90 Å². The number of amides is 2. The second-order valence-electron chi connectivity index (χ2n) is 11.2. The van der Waals surface area contributed by atoms with Crippen molar-refractivity contribution in [2.24, 2.45) is 0 Å². The number of nitrogens with zero attached hydrogens (tertiary/aromatic N) is 1. The van der Waals surface area contributed by atoms with E-state index in [1.807, 2.05) is 6.07 Å². The summed E-state index contributed by atoms with van der Waals surface area (Å²) < 4.78 is 49.8. The van der Waals surface area contributed by atoms with Gasteiger partial charge < -0.3 is 20.1 Å². The van der Waals surface area contributed by atoms with E-state index in [4.69, 9.17) is 9.47 Å². The van der Waals surface area contributed by atoms with Crippen LogP contribution in [-0.2, 0) is 11.6 Å². The second kappa shape index (κ2) is 11.3. The van der Waals surface area contributed by atoms with Gasteiger partial charge in [0.25, 0.3) is 0 Å². The van der Waals surface area contributed by atoms with Crippen LogP contribution in [0, 0.1) is 0 Å². The molecule has 2 aliphatic carbocycles. The Morgan fingerprint density at radius 3 is 2.33 bits per heavy atom. The van der Waals surface area contributed by atoms with E-state index in [1.54, 1.807) is 14.2 Å². The number of hydrogen-bond acceptors (Lipinski definition) is 4. The monoisotopic (exact) mass is 545 g/mol. The Balaban J connectivity index is 1.33. The van der Waals surface area contributed by atoms with E-state index in [1.165, 1.54) is 49.8 Å². The maximum atomic E-state index is 12.9. The minimum Gasteiger partial charge on any atom is -0.493 e. The predicted molar refractivity (Wildman–Crippen MR) is 144 cm³/mol. The lowest BCUT2D eigenvalue weighted by molar-refractivity contribution is -0.137. The highest BCUT2D eigenvalue weighted by atomic mass is 19.4. The third-order valence-corrected chi connectivity index (χ3v) is 9.11. The number of fused-ring (bicyclic) bond motifs is 1. The van der Waals surface area contributed by atoms with E-state index in [2.05, 4.69) is 27.7 Å². The average molecular weight is 546 g/mol. The molecule has 0 aromatic heterocycles. The molecule has 2 aromatic rings. The molecule has 3 atom stereocenters. The van der Waals surface area contributed by atoms with Gasteiger partial charge in [-0.25, -0.2) is 4.79 Å². The minimum atomic E-state index is -4.41. The zero-order valence-corrected chi connectivity index (χ0v) is 22.7. The fourth-order valence-electron chi connectivity index (χ4n) is 7.14. The topological polar surface area (TPSA) is 62.8 Å². The van der Waals surface area contributed by atoms with Gasteiger partial charge >= 0.3 is 12.2 Å². The Labute approximate surface area is 228 Å². The van der Waals surface area contributed by atoms with Gasteiger partial charge in [0.05, 0.1) is 19.8 Å². The number of carbonyl (C=O) groups excluding carboxylic acids is 1. The van der Waals surface area contributed by atoms with Crippen molar-refractivity contribution in [3.63, 3.8) is 0 Å². The lowest BCUT2D eigenvalue weighted by Gasteiger charge is -2.47. The first-order chi connectivity index (χ1) is 18.7. The molecule has 5 rings (SSSR count). The normalized spacial score (nSPS) is 26.1. The molecule has 6 nitrogen and oxygen atoms in total. The lowest BCUT2D eigenvalue weighted by Crippen LogP contribution is -2.55. The number of nitrogens with one attached hydrogen (secondary N) is 2. The summed E-state index contributed by atoms with van der Waals surface area (Å²) >= 11 is 0. The number of hydrogen-bond donors (Lipinski definition) is 2. The highest BCUT2D eigenvalue weighted by molar-refractivity contribution is 5.89. The lowest BCUT2D eigenvalue weighted by atomic mass is 9.64. The summed E-state index contributed by atoms with van der Waals surface area (Å²) in [6.07, 6.45) is 5.47. The molecule has 1 aliphatic heterocycles. The first-order valence-electron chi connectivity index (χ1n) is 14.0. The van der Waals surface area contributed by atoms with Gasteiger partial charge in [0, 0.05) is 29.2 Å². The molecule has 212 valence electrons. The van der Waals surface area contributed by atoms with E-state index >= 15 is 0 Å². The van der Waals surface area contributed by atoms with Crippen molar-refractivity contribution >= 4 is 11.7 Å². The summed E-state index contributed by atoms with van der Waals surface area (Å²) in [5.74, 6) is 1.45. The van der Waals surface area contributed by atoms with Crippen LogP contribution in [0.5, 0.6) is 11.5 Å². The third-order valence-electron chi connectivity index (χ3n) is 9.11. The van der Waals surface area contributed by atoms with Crippen molar-refractivity contribution in [1.29, 1.82) is 0 Å². The molecule has 2 N–H and O–H groups in total. The molecule has 0 unspecified atom stereocenters. The maximum Gasteiger partial charge on any atom is 0.416 e.